The molecule has 0 fully saturated rings. The molecule has 0 aliphatic rings. The standard InChI is InChI=1S/C17H13F3N4O/c1-24-10-21-23-15(24)13-4-2-3-5-14(13)22-16(25)11-6-8-12(9-7-11)17(18,19)20/h2-10H,1H3,(H,22,25). The third kappa shape index (κ3) is 3.52. The first-order valence-corrected chi connectivity index (χ1v) is 7.28. The normalized spacial score (nSPS) is 11.4. The molecule has 0 aliphatic carbocycles. The number of amides is 1. The van der Waals surface area contributed by atoms with E-state index >= 15 is 0 Å². The van der Waals surface area contributed by atoms with Crippen LogP contribution in [0.4, 0.5) is 18.9 Å². The summed E-state index contributed by atoms with van der Waals surface area (Å²) in [6, 6.07) is 11.0. The number of carbonyl (C=O) groups is 1. The van der Waals surface area contributed by atoms with Crippen molar-refractivity contribution in [2.24, 2.45) is 7.05 Å². The van der Waals surface area contributed by atoms with E-state index in [0.717, 1.165) is 24.3 Å². The highest BCUT2D eigenvalue weighted by atomic mass is 19.4. The Morgan fingerprint density at radius 3 is 2.36 bits per heavy atom. The molecule has 1 heterocycles. The average molecular weight is 346 g/mol. The second-order valence-electron chi connectivity index (χ2n) is 5.34. The van der Waals surface area contributed by atoms with Crippen molar-refractivity contribution in [2.45, 2.75) is 6.18 Å². The maximum Gasteiger partial charge on any atom is 0.416 e. The summed E-state index contributed by atoms with van der Waals surface area (Å²) in [4.78, 5) is 12.3. The predicted octanol–water partition coefficient (Wildman–Crippen LogP) is 3.75. The first-order chi connectivity index (χ1) is 11.9. The number of para-hydroxylation sites is 1. The van der Waals surface area contributed by atoms with Crippen molar-refractivity contribution in [3.8, 4) is 11.4 Å². The van der Waals surface area contributed by atoms with E-state index in [4.69, 9.17) is 0 Å². The van der Waals surface area contributed by atoms with Crippen molar-refractivity contribution in [1.29, 1.82) is 0 Å². The zero-order chi connectivity index (χ0) is 18.0. The summed E-state index contributed by atoms with van der Waals surface area (Å²) in [5.41, 5.74) is 0.468. The molecule has 1 aromatic heterocycles. The van der Waals surface area contributed by atoms with Gasteiger partial charge in [0.1, 0.15) is 6.33 Å². The van der Waals surface area contributed by atoms with E-state index in [9.17, 15) is 18.0 Å². The maximum atomic E-state index is 12.6. The lowest BCUT2D eigenvalue weighted by Crippen LogP contribution is -2.14. The molecule has 3 rings (SSSR count). The Balaban J connectivity index is 1.86. The number of hydrogen-bond donors (Lipinski definition) is 1. The number of hydrogen-bond acceptors (Lipinski definition) is 3. The Kier molecular flexibility index (Phi) is 4.26. The Morgan fingerprint density at radius 2 is 1.76 bits per heavy atom. The molecule has 8 heteroatoms. The largest absolute Gasteiger partial charge is 0.416 e. The summed E-state index contributed by atoms with van der Waals surface area (Å²) in [5.74, 6) is 0.0478. The molecule has 2 aromatic carbocycles. The van der Waals surface area contributed by atoms with E-state index in [-0.39, 0.29) is 5.56 Å². The van der Waals surface area contributed by atoms with Crippen LogP contribution in [0.1, 0.15) is 15.9 Å². The van der Waals surface area contributed by atoms with Gasteiger partial charge in [0, 0.05) is 18.2 Å². The summed E-state index contributed by atoms with van der Waals surface area (Å²) in [7, 11) is 1.77. The molecule has 128 valence electrons. The van der Waals surface area contributed by atoms with Gasteiger partial charge in [-0.25, -0.2) is 0 Å². The smallest absolute Gasteiger partial charge is 0.321 e. The van der Waals surface area contributed by atoms with Gasteiger partial charge in [-0.1, -0.05) is 12.1 Å². The quantitative estimate of drug-likeness (QED) is 0.786. The van der Waals surface area contributed by atoms with Crippen LogP contribution >= 0.6 is 0 Å². The summed E-state index contributed by atoms with van der Waals surface area (Å²) >= 11 is 0. The number of nitrogens with one attached hydrogen (secondary N) is 1. The molecule has 1 N–H and O–H groups in total. The van der Waals surface area contributed by atoms with Crippen molar-refractivity contribution in [2.75, 3.05) is 5.32 Å². The van der Waals surface area contributed by atoms with Crippen LogP contribution in [0.25, 0.3) is 11.4 Å². The van der Waals surface area contributed by atoms with Gasteiger partial charge >= 0.3 is 6.18 Å². The summed E-state index contributed by atoms with van der Waals surface area (Å²) in [6.45, 7) is 0. The fourth-order valence-corrected chi connectivity index (χ4v) is 2.32. The SMILES string of the molecule is Cn1cnnc1-c1ccccc1NC(=O)c1ccc(C(F)(F)F)cc1. The van der Waals surface area contributed by atoms with E-state index < -0.39 is 17.6 Å². The fourth-order valence-electron chi connectivity index (χ4n) is 2.32. The van der Waals surface area contributed by atoms with E-state index in [2.05, 4.69) is 15.5 Å². The first kappa shape index (κ1) is 16.7. The van der Waals surface area contributed by atoms with Gasteiger partial charge in [-0.15, -0.1) is 10.2 Å². The van der Waals surface area contributed by atoms with Crippen LogP contribution in [-0.2, 0) is 13.2 Å². The van der Waals surface area contributed by atoms with Crippen LogP contribution < -0.4 is 5.32 Å². The highest BCUT2D eigenvalue weighted by Gasteiger charge is 2.30. The molecule has 1 amide bonds. The molecule has 3 aromatic rings. The van der Waals surface area contributed by atoms with Crippen molar-refractivity contribution >= 4 is 11.6 Å². The van der Waals surface area contributed by atoms with Gasteiger partial charge in [0.05, 0.1) is 11.3 Å². The minimum Gasteiger partial charge on any atom is -0.321 e. The molecule has 0 unspecified atom stereocenters. The molecule has 0 bridgehead atoms. The number of alkyl halides is 3. The van der Waals surface area contributed by atoms with Gasteiger partial charge in [0.15, 0.2) is 5.82 Å². The lowest BCUT2D eigenvalue weighted by molar-refractivity contribution is -0.137. The van der Waals surface area contributed by atoms with Crippen LogP contribution in [0, 0.1) is 0 Å². The van der Waals surface area contributed by atoms with E-state index in [0.29, 0.717) is 17.1 Å². The minimum atomic E-state index is -4.44. The second-order valence-corrected chi connectivity index (χ2v) is 5.34. The zero-order valence-corrected chi connectivity index (χ0v) is 13.1. The van der Waals surface area contributed by atoms with E-state index in [1.165, 1.54) is 6.33 Å². The van der Waals surface area contributed by atoms with Crippen LogP contribution in [0.15, 0.2) is 54.9 Å². The number of nitrogens with zero attached hydrogens (tertiary/aromatic N) is 3. The van der Waals surface area contributed by atoms with Crippen LogP contribution in [-0.4, -0.2) is 20.7 Å². The van der Waals surface area contributed by atoms with Gasteiger partial charge in [-0.2, -0.15) is 13.2 Å². The number of aromatic nitrogens is 3. The highest BCUT2D eigenvalue weighted by Crippen LogP contribution is 2.30. The van der Waals surface area contributed by atoms with E-state index in [1.54, 1.807) is 35.9 Å². The summed E-state index contributed by atoms with van der Waals surface area (Å²) in [6.07, 6.45) is -2.91. The summed E-state index contributed by atoms with van der Waals surface area (Å²) in [5, 5.41) is 10.5. The number of benzene rings is 2. The average Bonchev–Trinajstić information content (AvgIpc) is 3.00. The molecule has 0 aliphatic heterocycles. The molecule has 0 spiro atoms. The van der Waals surface area contributed by atoms with Gasteiger partial charge < -0.3 is 9.88 Å². The Hall–Kier alpha value is -3.16. The Morgan fingerprint density at radius 1 is 1.08 bits per heavy atom. The highest BCUT2D eigenvalue weighted by molar-refractivity contribution is 6.06. The minimum absolute atomic E-state index is 0.126. The third-order valence-electron chi connectivity index (χ3n) is 3.60. The number of aryl methyl sites for hydroxylation is 1. The molecule has 0 atom stereocenters. The van der Waals surface area contributed by atoms with Crippen molar-refractivity contribution in [3.05, 3.63) is 66.0 Å². The molecule has 0 radical (unpaired) electrons. The van der Waals surface area contributed by atoms with Gasteiger partial charge in [-0.3, -0.25) is 4.79 Å². The monoisotopic (exact) mass is 346 g/mol. The number of carbonyl (C=O) groups excluding carboxylic acids is 1. The predicted molar refractivity (Wildman–Crippen MR) is 85.8 cm³/mol. The third-order valence-corrected chi connectivity index (χ3v) is 3.60. The lowest BCUT2D eigenvalue weighted by Gasteiger charge is -2.11. The molecular formula is C17H13F3N4O. The Labute approximate surface area is 141 Å². The van der Waals surface area contributed by atoms with Gasteiger partial charge in [-0.05, 0) is 36.4 Å². The Bertz CT molecular complexity index is 901. The molecule has 5 nitrogen and oxygen atoms in total. The fraction of sp³-hybridized carbons (Fsp3) is 0.118. The van der Waals surface area contributed by atoms with E-state index in [1.807, 2.05) is 0 Å². The first-order valence-electron chi connectivity index (χ1n) is 7.28. The number of halogens is 3. The number of rotatable bonds is 3. The second kappa shape index (κ2) is 6.39. The molecule has 0 saturated carbocycles. The van der Waals surface area contributed by atoms with Crippen LogP contribution in [0.2, 0.25) is 0 Å². The maximum absolute atomic E-state index is 12.6. The van der Waals surface area contributed by atoms with Crippen molar-refractivity contribution in [3.63, 3.8) is 0 Å². The topological polar surface area (TPSA) is 59.8 Å². The van der Waals surface area contributed by atoms with Gasteiger partial charge in [0.25, 0.3) is 5.91 Å². The number of anilines is 1. The van der Waals surface area contributed by atoms with Crippen molar-refractivity contribution < 1.29 is 18.0 Å². The lowest BCUT2D eigenvalue weighted by atomic mass is 10.1. The zero-order valence-electron chi connectivity index (χ0n) is 13.1. The van der Waals surface area contributed by atoms with Crippen molar-refractivity contribution in [1.82, 2.24) is 14.8 Å². The van der Waals surface area contributed by atoms with Crippen LogP contribution in [0.5, 0.6) is 0 Å². The van der Waals surface area contributed by atoms with Gasteiger partial charge in [0.2, 0.25) is 0 Å². The van der Waals surface area contributed by atoms with Crippen LogP contribution in [0.3, 0.4) is 0 Å². The summed E-state index contributed by atoms with van der Waals surface area (Å²) < 4.78 is 39.5. The molecular weight excluding hydrogens is 333 g/mol. The molecule has 0 saturated heterocycles. The molecule has 25 heavy (non-hydrogen) atoms.